The van der Waals surface area contributed by atoms with Gasteiger partial charge in [0.05, 0.1) is 0 Å². The summed E-state index contributed by atoms with van der Waals surface area (Å²) in [7, 11) is 0. The number of nitrogens with zero attached hydrogens (tertiary/aromatic N) is 2. The van der Waals surface area contributed by atoms with E-state index in [0.717, 1.165) is 20.3 Å². The van der Waals surface area contributed by atoms with Crippen molar-refractivity contribution in [3.63, 3.8) is 0 Å². The molecule has 0 amide bonds. The van der Waals surface area contributed by atoms with Crippen molar-refractivity contribution in [2.75, 3.05) is 0 Å². The van der Waals surface area contributed by atoms with Crippen LogP contribution in [0.5, 0.6) is 0 Å². The zero-order valence-electron chi connectivity index (χ0n) is 10.4. The van der Waals surface area contributed by atoms with Gasteiger partial charge in [0.2, 0.25) is 0 Å². The normalized spacial score (nSPS) is 10.5. The Morgan fingerprint density at radius 3 is 1.70 bits per heavy atom. The number of aromatic nitrogens is 2. The minimum absolute atomic E-state index is 0.224. The fourth-order valence-corrected chi connectivity index (χ4v) is 2.19. The summed E-state index contributed by atoms with van der Waals surface area (Å²) >= 11 is 2.18. The van der Waals surface area contributed by atoms with Crippen molar-refractivity contribution in [1.82, 2.24) is 9.97 Å². The van der Waals surface area contributed by atoms with Crippen molar-refractivity contribution in [3.8, 4) is 22.5 Å². The largest absolute Gasteiger partial charge is 0.235 e. The Bertz CT molecular complexity index is 642. The van der Waals surface area contributed by atoms with Gasteiger partial charge in [-0.2, -0.15) is 0 Å². The van der Waals surface area contributed by atoms with Crippen LogP contribution < -0.4 is 0 Å². The van der Waals surface area contributed by atoms with Crippen LogP contribution in [0.25, 0.3) is 22.5 Å². The fraction of sp³-hybridized carbons (Fsp3) is 0. The Morgan fingerprint density at radius 2 is 1.15 bits per heavy atom. The molecule has 4 heteroatoms. The molecule has 3 aromatic rings. The number of hydrogen-bond donors (Lipinski definition) is 0. The molecule has 0 unspecified atom stereocenters. The van der Waals surface area contributed by atoms with Crippen LogP contribution in [0.3, 0.4) is 0 Å². The average Bonchev–Trinajstić information content (AvgIpc) is 2.49. The summed E-state index contributed by atoms with van der Waals surface area (Å²) in [6.07, 6.45) is 3.58. The predicted molar refractivity (Wildman–Crippen MR) is 85.6 cm³/mol. The molecule has 0 fully saturated rings. The van der Waals surface area contributed by atoms with E-state index in [1.807, 2.05) is 24.3 Å². The molecule has 1 aromatic heterocycles. The van der Waals surface area contributed by atoms with Gasteiger partial charge in [-0.05, 0) is 45.9 Å². The highest BCUT2D eigenvalue weighted by Crippen LogP contribution is 2.23. The van der Waals surface area contributed by atoms with Crippen LogP contribution in [0.4, 0.5) is 4.39 Å². The van der Waals surface area contributed by atoms with E-state index in [1.165, 1.54) is 12.1 Å². The highest BCUT2D eigenvalue weighted by molar-refractivity contribution is 14.1. The molecule has 0 saturated heterocycles. The van der Waals surface area contributed by atoms with Gasteiger partial charge in [0, 0.05) is 21.5 Å². The third-order valence-corrected chi connectivity index (χ3v) is 3.50. The SMILES string of the molecule is Fc1ccc(-c2ccc(-c3ncc(I)cn3)cc2)cc1. The summed E-state index contributed by atoms with van der Waals surface area (Å²) in [4.78, 5) is 8.59. The van der Waals surface area contributed by atoms with Gasteiger partial charge in [0.15, 0.2) is 5.82 Å². The van der Waals surface area contributed by atoms with E-state index in [4.69, 9.17) is 0 Å². The molecule has 0 saturated carbocycles. The maximum atomic E-state index is 12.9. The minimum atomic E-state index is -0.224. The Labute approximate surface area is 129 Å². The third-order valence-electron chi connectivity index (χ3n) is 2.94. The van der Waals surface area contributed by atoms with Crippen LogP contribution in [-0.2, 0) is 0 Å². The van der Waals surface area contributed by atoms with Gasteiger partial charge in [0.1, 0.15) is 5.82 Å². The van der Waals surface area contributed by atoms with E-state index >= 15 is 0 Å². The number of benzene rings is 2. The van der Waals surface area contributed by atoms with Crippen LogP contribution in [0.2, 0.25) is 0 Å². The quantitative estimate of drug-likeness (QED) is 0.613. The average molecular weight is 376 g/mol. The van der Waals surface area contributed by atoms with E-state index in [9.17, 15) is 4.39 Å². The highest BCUT2D eigenvalue weighted by atomic mass is 127. The molecule has 0 bridgehead atoms. The van der Waals surface area contributed by atoms with E-state index in [0.29, 0.717) is 5.82 Å². The first-order valence-corrected chi connectivity index (χ1v) is 7.14. The zero-order chi connectivity index (χ0) is 13.9. The Balaban J connectivity index is 1.91. The first-order chi connectivity index (χ1) is 9.72. The van der Waals surface area contributed by atoms with Crippen molar-refractivity contribution >= 4 is 22.6 Å². The summed E-state index contributed by atoms with van der Waals surface area (Å²) in [6, 6.07) is 14.4. The molecule has 2 nitrogen and oxygen atoms in total. The second-order valence-electron chi connectivity index (χ2n) is 4.31. The maximum Gasteiger partial charge on any atom is 0.159 e. The van der Waals surface area contributed by atoms with E-state index in [-0.39, 0.29) is 5.82 Å². The van der Waals surface area contributed by atoms with E-state index < -0.39 is 0 Å². The van der Waals surface area contributed by atoms with Crippen molar-refractivity contribution in [2.24, 2.45) is 0 Å². The van der Waals surface area contributed by atoms with Crippen molar-refractivity contribution < 1.29 is 4.39 Å². The molecule has 0 atom stereocenters. The predicted octanol–water partition coefficient (Wildman–Crippen LogP) is 4.55. The summed E-state index contributed by atoms with van der Waals surface area (Å²) in [5.74, 6) is 0.480. The fourth-order valence-electron chi connectivity index (χ4n) is 1.92. The lowest BCUT2D eigenvalue weighted by Gasteiger charge is -2.04. The molecular weight excluding hydrogens is 366 g/mol. The van der Waals surface area contributed by atoms with Gasteiger partial charge in [-0.3, -0.25) is 0 Å². The molecule has 0 aliphatic rings. The standard InChI is InChI=1S/C16H10FIN2/c17-14-7-5-12(6-8-14)11-1-3-13(4-2-11)16-19-9-15(18)10-20-16/h1-10H. The van der Waals surface area contributed by atoms with Gasteiger partial charge in [-0.25, -0.2) is 14.4 Å². The zero-order valence-corrected chi connectivity index (χ0v) is 12.6. The van der Waals surface area contributed by atoms with Crippen LogP contribution in [0.15, 0.2) is 60.9 Å². The van der Waals surface area contributed by atoms with Gasteiger partial charge in [0.25, 0.3) is 0 Å². The van der Waals surface area contributed by atoms with Gasteiger partial charge < -0.3 is 0 Å². The molecule has 0 spiro atoms. The Kier molecular flexibility index (Phi) is 3.73. The molecule has 1 heterocycles. The second kappa shape index (κ2) is 5.66. The Hall–Kier alpha value is -1.82. The maximum absolute atomic E-state index is 12.9. The lowest BCUT2D eigenvalue weighted by atomic mass is 10.0. The van der Waals surface area contributed by atoms with Crippen molar-refractivity contribution in [2.45, 2.75) is 0 Å². The lowest BCUT2D eigenvalue weighted by molar-refractivity contribution is 0.628. The number of hydrogen-bond acceptors (Lipinski definition) is 2. The number of halogens is 2. The van der Waals surface area contributed by atoms with Crippen LogP contribution in [0.1, 0.15) is 0 Å². The molecule has 0 radical (unpaired) electrons. The molecule has 98 valence electrons. The smallest absolute Gasteiger partial charge is 0.159 e. The number of rotatable bonds is 2. The van der Waals surface area contributed by atoms with Crippen LogP contribution >= 0.6 is 22.6 Å². The molecule has 0 aliphatic carbocycles. The highest BCUT2D eigenvalue weighted by Gasteiger charge is 2.02. The van der Waals surface area contributed by atoms with Gasteiger partial charge >= 0.3 is 0 Å². The van der Waals surface area contributed by atoms with Crippen LogP contribution in [0, 0.1) is 9.39 Å². The molecular formula is C16H10FIN2. The van der Waals surface area contributed by atoms with Crippen LogP contribution in [-0.4, -0.2) is 9.97 Å². The summed E-state index contributed by atoms with van der Waals surface area (Å²) in [5, 5.41) is 0. The molecule has 20 heavy (non-hydrogen) atoms. The summed E-state index contributed by atoms with van der Waals surface area (Å²) in [5.41, 5.74) is 2.99. The molecule has 3 rings (SSSR count). The minimum Gasteiger partial charge on any atom is -0.235 e. The van der Waals surface area contributed by atoms with E-state index in [2.05, 4.69) is 32.6 Å². The van der Waals surface area contributed by atoms with E-state index in [1.54, 1.807) is 24.5 Å². The van der Waals surface area contributed by atoms with Crippen molar-refractivity contribution in [3.05, 3.63) is 70.3 Å². The topological polar surface area (TPSA) is 25.8 Å². The first kappa shape index (κ1) is 13.2. The monoisotopic (exact) mass is 376 g/mol. The molecule has 0 N–H and O–H groups in total. The summed E-state index contributed by atoms with van der Waals surface area (Å²) in [6.45, 7) is 0. The van der Waals surface area contributed by atoms with Crippen molar-refractivity contribution in [1.29, 1.82) is 0 Å². The molecule has 0 aliphatic heterocycles. The summed E-state index contributed by atoms with van der Waals surface area (Å²) < 4.78 is 13.9. The van der Waals surface area contributed by atoms with Gasteiger partial charge in [-0.1, -0.05) is 36.4 Å². The first-order valence-electron chi connectivity index (χ1n) is 6.06. The second-order valence-corrected chi connectivity index (χ2v) is 5.55. The lowest BCUT2D eigenvalue weighted by Crippen LogP contribution is -1.89. The molecule has 2 aromatic carbocycles. The Morgan fingerprint density at radius 1 is 0.700 bits per heavy atom. The third kappa shape index (κ3) is 2.85. The van der Waals surface area contributed by atoms with Gasteiger partial charge in [-0.15, -0.1) is 0 Å².